The fourth-order valence-electron chi connectivity index (χ4n) is 3.00. The van der Waals surface area contributed by atoms with Crippen molar-refractivity contribution < 1.29 is 9.53 Å². The van der Waals surface area contributed by atoms with Crippen molar-refractivity contribution in [2.45, 2.75) is 13.8 Å². The summed E-state index contributed by atoms with van der Waals surface area (Å²) in [5, 5.41) is 0. The van der Waals surface area contributed by atoms with Crippen molar-refractivity contribution in [2.75, 3.05) is 63.9 Å². The highest BCUT2D eigenvalue weighted by Crippen LogP contribution is 2.11. The van der Waals surface area contributed by atoms with Crippen molar-refractivity contribution in [1.29, 1.82) is 0 Å². The molecule has 0 aliphatic carbocycles. The number of rotatable bonds is 3. The predicted octanol–water partition coefficient (Wildman–Crippen LogP) is -0.632. The molecule has 2 aliphatic rings. The standard InChI is InChI=1S/C16H25N5O3/c1-12-13(2)17-16(18-15(12)23)21-5-3-19(4-6-21)11-14(22)20-7-9-24-10-8-20/h3-11H2,1-2H3,(H,17,18,23). The Morgan fingerprint density at radius 3 is 2.42 bits per heavy atom. The van der Waals surface area contributed by atoms with Gasteiger partial charge >= 0.3 is 0 Å². The summed E-state index contributed by atoms with van der Waals surface area (Å²) >= 11 is 0. The number of anilines is 1. The topological polar surface area (TPSA) is 81.8 Å². The Morgan fingerprint density at radius 1 is 1.12 bits per heavy atom. The number of aromatic nitrogens is 2. The number of morpholine rings is 1. The van der Waals surface area contributed by atoms with Gasteiger partial charge in [-0.05, 0) is 13.8 Å². The molecule has 1 aromatic heterocycles. The van der Waals surface area contributed by atoms with Crippen molar-refractivity contribution in [3.63, 3.8) is 0 Å². The summed E-state index contributed by atoms with van der Waals surface area (Å²) in [7, 11) is 0. The molecular weight excluding hydrogens is 310 g/mol. The number of aryl methyl sites for hydroxylation is 1. The number of ether oxygens (including phenoxy) is 1. The van der Waals surface area contributed by atoms with Gasteiger partial charge < -0.3 is 14.5 Å². The van der Waals surface area contributed by atoms with E-state index in [1.54, 1.807) is 6.92 Å². The maximum absolute atomic E-state index is 12.3. The van der Waals surface area contributed by atoms with Crippen LogP contribution in [-0.4, -0.2) is 84.7 Å². The van der Waals surface area contributed by atoms with E-state index < -0.39 is 0 Å². The minimum absolute atomic E-state index is 0.0811. The second kappa shape index (κ2) is 7.31. The van der Waals surface area contributed by atoms with Crippen LogP contribution in [0.2, 0.25) is 0 Å². The molecule has 3 rings (SSSR count). The van der Waals surface area contributed by atoms with Gasteiger partial charge in [-0.1, -0.05) is 0 Å². The Balaban J connectivity index is 1.54. The van der Waals surface area contributed by atoms with Crippen LogP contribution in [0.1, 0.15) is 11.3 Å². The van der Waals surface area contributed by atoms with Gasteiger partial charge in [0.1, 0.15) is 0 Å². The van der Waals surface area contributed by atoms with Crippen LogP contribution in [0.4, 0.5) is 5.95 Å². The maximum atomic E-state index is 12.3. The zero-order valence-corrected chi connectivity index (χ0v) is 14.4. The molecule has 1 aromatic rings. The molecule has 2 aliphatic heterocycles. The van der Waals surface area contributed by atoms with Gasteiger partial charge in [0.2, 0.25) is 11.9 Å². The molecule has 1 N–H and O–H groups in total. The minimum atomic E-state index is -0.0811. The van der Waals surface area contributed by atoms with E-state index in [2.05, 4.69) is 19.8 Å². The number of nitrogens with zero attached hydrogens (tertiary/aromatic N) is 4. The van der Waals surface area contributed by atoms with Crippen LogP contribution in [0.25, 0.3) is 0 Å². The number of carbonyl (C=O) groups excluding carboxylic acids is 1. The number of nitrogens with one attached hydrogen (secondary N) is 1. The number of H-pyrrole nitrogens is 1. The third-order valence-corrected chi connectivity index (χ3v) is 4.78. The fraction of sp³-hybridized carbons (Fsp3) is 0.688. The molecule has 0 saturated carbocycles. The zero-order chi connectivity index (χ0) is 17.1. The van der Waals surface area contributed by atoms with E-state index in [-0.39, 0.29) is 11.5 Å². The Morgan fingerprint density at radius 2 is 1.79 bits per heavy atom. The second-order valence-electron chi connectivity index (χ2n) is 6.36. The minimum Gasteiger partial charge on any atom is -0.378 e. The number of aromatic amines is 1. The summed E-state index contributed by atoms with van der Waals surface area (Å²) in [4.78, 5) is 37.6. The van der Waals surface area contributed by atoms with Crippen molar-refractivity contribution in [3.05, 3.63) is 21.6 Å². The molecule has 2 saturated heterocycles. The summed E-state index contributed by atoms with van der Waals surface area (Å²) in [6.07, 6.45) is 0. The molecule has 132 valence electrons. The van der Waals surface area contributed by atoms with Gasteiger partial charge in [0.15, 0.2) is 0 Å². The molecule has 0 unspecified atom stereocenters. The van der Waals surface area contributed by atoms with E-state index in [9.17, 15) is 9.59 Å². The van der Waals surface area contributed by atoms with Gasteiger partial charge in [0.25, 0.3) is 5.56 Å². The monoisotopic (exact) mass is 335 g/mol. The summed E-state index contributed by atoms with van der Waals surface area (Å²) in [5.74, 6) is 0.798. The van der Waals surface area contributed by atoms with Gasteiger partial charge in [-0.25, -0.2) is 4.98 Å². The SMILES string of the molecule is Cc1nc(N2CCN(CC(=O)N3CCOCC3)CC2)[nH]c(=O)c1C. The Hall–Kier alpha value is -1.93. The van der Waals surface area contributed by atoms with Crippen LogP contribution < -0.4 is 10.5 Å². The van der Waals surface area contributed by atoms with E-state index in [4.69, 9.17) is 4.74 Å². The summed E-state index contributed by atoms with van der Waals surface area (Å²) in [6, 6.07) is 0. The first-order valence-electron chi connectivity index (χ1n) is 8.45. The third-order valence-electron chi connectivity index (χ3n) is 4.78. The molecule has 8 heteroatoms. The highest BCUT2D eigenvalue weighted by molar-refractivity contribution is 5.78. The number of amides is 1. The molecular formula is C16H25N5O3. The van der Waals surface area contributed by atoms with Crippen molar-refractivity contribution in [3.8, 4) is 0 Å². The smallest absolute Gasteiger partial charge is 0.255 e. The fourth-order valence-corrected chi connectivity index (χ4v) is 3.00. The largest absolute Gasteiger partial charge is 0.378 e. The summed E-state index contributed by atoms with van der Waals surface area (Å²) in [5.41, 5.74) is 1.34. The van der Waals surface area contributed by atoms with E-state index in [0.717, 1.165) is 31.9 Å². The molecule has 3 heterocycles. The van der Waals surface area contributed by atoms with Crippen molar-refractivity contribution >= 4 is 11.9 Å². The van der Waals surface area contributed by atoms with Crippen LogP contribution in [0.15, 0.2) is 4.79 Å². The first kappa shape index (κ1) is 16.9. The maximum Gasteiger partial charge on any atom is 0.255 e. The lowest BCUT2D eigenvalue weighted by Crippen LogP contribution is -2.52. The lowest BCUT2D eigenvalue weighted by Gasteiger charge is -2.36. The van der Waals surface area contributed by atoms with Crippen LogP contribution in [-0.2, 0) is 9.53 Å². The van der Waals surface area contributed by atoms with E-state index in [1.807, 2.05) is 11.8 Å². The van der Waals surface area contributed by atoms with Crippen molar-refractivity contribution in [2.24, 2.45) is 0 Å². The number of carbonyl (C=O) groups is 1. The average molecular weight is 335 g/mol. The first-order chi connectivity index (χ1) is 11.5. The van der Waals surface area contributed by atoms with E-state index >= 15 is 0 Å². The van der Waals surface area contributed by atoms with Gasteiger partial charge in [-0.3, -0.25) is 19.5 Å². The average Bonchev–Trinajstić information content (AvgIpc) is 2.60. The van der Waals surface area contributed by atoms with Gasteiger partial charge in [0, 0.05) is 50.5 Å². The van der Waals surface area contributed by atoms with Crippen LogP contribution >= 0.6 is 0 Å². The molecule has 0 bridgehead atoms. The molecule has 0 radical (unpaired) electrons. The molecule has 8 nitrogen and oxygen atoms in total. The van der Waals surface area contributed by atoms with Crippen molar-refractivity contribution in [1.82, 2.24) is 19.8 Å². The first-order valence-corrected chi connectivity index (χ1v) is 8.45. The molecule has 0 spiro atoms. The number of hydrogen-bond acceptors (Lipinski definition) is 6. The summed E-state index contributed by atoms with van der Waals surface area (Å²) < 4.78 is 5.28. The van der Waals surface area contributed by atoms with Crippen LogP contribution in [0.3, 0.4) is 0 Å². The molecule has 0 aromatic carbocycles. The Bertz CT molecular complexity index is 646. The van der Waals surface area contributed by atoms with Gasteiger partial charge in [0.05, 0.1) is 19.8 Å². The molecule has 0 atom stereocenters. The predicted molar refractivity (Wildman–Crippen MR) is 90.4 cm³/mol. The molecule has 1 amide bonds. The lowest BCUT2D eigenvalue weighted by molar-refractivity contribution is -0.136. The lowest BCUT2D eigenvalue weighted by atomic mass is 10.2. The quantitative estimate of drug-likeness (QED) is 0.792. The van der Waals surface area contributed by atoms with E-state index in [0.29, 0.717) is 44.4 Å². The Labute approximate surface area is 141 Å². The molecule has 24 heavy (non-hydrogen) atoms. The second-order valence-corrected chi connectivity index (χ2v) is 6.36. The highest BCUT2D eigenvalue weighted by atomic mass is 16.5. The van der Waals surface area contributed by atoms with Gasteiger partial charge in [-0.2, -0.15) is 0 Å². The van der Waals surface area contributed by atoms with Gasteiger partial charge in [-0.15, -0.1) is 0 Å². The van der Waals surface area contributed by atoms with Crippen LogP contribution in [0, 0.1) is 13.8 Å². The number of piperazine rings is 1. The Kier molecular flexibility index (Phi) is 5.15. The van der Waals surface area contributed by atoms with Crippen LogP contribution in [0.5, 0.6) is 0 Å². The highest BCUT2D eigenvalue weighted by Gasteiger charge is 2.24. The summed E-state index contributed by atoms with van der Waals surface area (Å²) in [6.45, 7) is 9.79. The van der Waals surface area contributed by atoms with E-state index in [1.165, 1.54) is 0 Å². The number of hydrogen-bond donors (Lipinski definition) is 1. The zero-order valence-electron chi connectivity index (χ0n) is 14.4. The third kappa shape index (κ3) is 3.76. The normalized spacial score (nSPS) is 19.6. The molecule has 2 fully saturated rings.